The van der Waals surface area contributed by atoms with Crippen LogP contribution in [-0.4, -0.2) is 42.2 Å². The standard InChI is InChI=1S/C10H17N3O/c1-11-9-3-4-12-10(7-9)8-13(2)5-6-14/h3-4,7,14H,5-6,8H2,1-2H3,(H,11,12). The normalized spacial score (nSPS) is 10.6. The topological polar surface area (TPSA) is 48.4 Å². The lowest BCUT2D eigenvalue weighted by atomic mass is 10.3. The van der Waals surface area contributed by atoms with Gasteiger partial charge in [-0.05, 0) is 19.2 Å². The summed E-state index contributed by atoms with van der Waals surface area (Å²) >= 11 is 0. The van der Waals surface area contributed by atoms with Crippen molar-refractivity contribution in [2.45, 2.75) is 6.54 Å². The molecule has 1 rings (SSSR count). The van der Waals surface area contributed by atoms with Crippen molar-refractivity contribution in [1.82, 2.24) is 9.88 Å². The number of nitrogens with zero attached hydrogens (tertiary/aromatic N) is 2. The number of hydrogen-bond acceptors (Lipinski definition) is 4. The van der Waals surface area contributed by atoms with Gasteiger partial charge in [0, 0.05) is 32.0 Å². The van der Waals surface area contributed by atoms with E-state index in [1.807, 2.05) is 31.1 Å². The summed E-state index contributed by atoms with van der Waals surface area (Å²) in [6, 6.07) is 3.93. The first-order chi connectivity index (χ1) is 6.76. The van der Waals surface area contributed by atoms with Crippen LogP contribution in [0.1, 0.15) is 5.69 Å². The Bertz CT molecular complexity index is 278. The molecule has 0 amide bonds. The van der Waals surface area contributed by atoms with Crippen LogP contribution < -0.4 is 5.32 Å². The zero-order valence-electron chi connectivity index (χ0n) is 8.70. The first-order valence-corrected chi connectivity index (χ1v) is 4.68. The van der Waals surface area contributed by atoms with Crippen LogP contribution in [0.25, 0.3) is 0 Å². The molecule has 4 heteroatoms. The fourth-order valence-corrected chi connectivity index (χ4v) is 1.25. The van der Waals surface area contributed by atoms with E-state index in [1.165, 1.54) is 0 Å². The molecule has 0 spiro atoms. The van der Waals surface area contributed by atoms with Crippen LogP contribution in [0.5, 0.6) is 0 Å². The van der Waals surface area contributed by atoms with E-state index in [9.17, 15) is 0 Å². The first kappa shape index (κ1) is 10.9. The van der Waals surface area contributed by atoms with E-state index in [-0.39, 0.29) is 6.61 Å². The zero-order valence-corrected chi connectivity index (χ0v) is 8.70. The van der Waals surface area contributed by atoms with Crippen LogP contribution in [0, 0.1) is 0 Å². The molecule has 1 aromatic heterocycles. The molecule has 0 aromatic carbocycles. The minimum atomic E-state index is 0.183. The fourth-order valence-electron chi connectivity index (χ4n) is 1.25. The molecule has 0 saturated carbocycles. The Morgan fingerprint density at radius 3 is 3.00 bits per heavy atom. The Hall–Kier alpha value is -1.13. The van der Waals surface area contributed by atoms with E-state index in [0.717, 1.165) is 17.9 Å². The molecule has 0 aliphatic carbocycles. The monoisotopic (exact) mass is 195 g/mol. The predicted molar refractivity (Wildman–Crippen MR) is 57.2 cm³/mol. The van der Waals surface area contributed by atoms with Crippen molar-refractivity contribution in [2.75, 3.05) is 32.6 Å². The molecular formula is C10H17N3O. The van der Waals surface area contributed by atoms with Crippen molar-refractivity contribution in [3.63, 3.8) is 0 Å². The molecule has 1 heterocycles. The van der Waals surface area contributed by atoms with Gasteiger partial charge in [-0.2, -0.15) is 0 Å². The Morgan fingerprint density at radius 2 is 2.36 bits per heavy atom. The molecule has 0 fully saturated rings. The molecule has 0 bridgehead atoms. The molecule has 14 heavy (non-hydrogen) atoms. The average Bonchev–Trinajstić information content (AvgIpc) is 2.18. The van der Waals surface area contributed by atoms with Gasteiger partial charge in [-0.15, -0.1) is 0 Å². The molecule has 0 atom stereocenters. The van der Waals surface area contributed by atoms with Crippen LogP contribution in [0.3, 0.4) is 0 Å². The minimum absolute atomic E-state index is 0.183. The van der Waals surface area contributed by atoms with Gasteiger partial charge in [-0.25, -0.2) is 0 Å². The Balaban J connectivity index is 2.57. The van der Waals surface area contributed by atoms with Crippen molar-refractivity contribution in [3.8, 4) is 0 Å². The number of aliphatic hydroxyl groups excluding tert-OH is 1. The SMILES string of the molecule is CNc1ccnc(CN(C)CCO)c1. The van der Waals surface area contributed by atoms with Gasteiger partial charge < -0.3 is 10.4 Å². The lowest BCUT2D eigenvalue weighted by Gasteiger charge is -2.14. The molecule has 0 unspecified atom stereocenters. The number of likely N-dealkylation sites (N-methyl/N-ethyl adjacent to an activating group) is 1. The van der Waals surface area contributed by atoms with Gasteiger partial charge in [0.25, 0.3) is 0 Å². The van der Waals surface area contributed by atoms with Crippen molar-refractivity contribution in [1.29, 1.82) is 0 Å². The van der Waals surface area contributed by atoms with Gasteiger partial charge >= 0.3 is 0 Å². The smallest absolute Gasteiger partial charge is 0.0564 e. The van der Waals surface area contributed by atoms with E-state index in [1.54, 1.807) is 6.20 Å². The van der Waals surface area contributed by atoms with Gasteiger partial charge in [-0.1, -0.05) is 0 Å². The highest BCUT2D eigenvalue weighted by Crippen LogP contribution is 2.07. The second-order valence-corrected chi connectivity index (χ2v) is 3.25. The summed E-state index contributed by atoms with van der Waals surface area (Å²) in [7, 11) is 3.85. The van der Waals surface area contributed by atoms with Crippen molar-refractivity contribution >= 4 is 5.69 Å². The van der Waals surface area contributed by atoms with E-state index < -0.39 is 0 Å². The first-order valence-electron chi connectivity index (χ1n) is 4.68. The fraction of sp³-hybridized carbons (Fsp3) is 0.500. The molecule has 0 aliphatic rings. The van der Waals surface area contributed by atoms with Gasteiger partial charge in [0.2, 0.25) is 0 Å². The van der Waals surface area contributed by atoms with Crippen molar-refractivity contribution < 1.29 is 5.11 Å². The van der Waals surface area contributed by atoms with Crippen LogP contribution in [-0.2, 0) is 6.54 Å². The van der Waals surface area contributed by atoms with Gasteiger partial charge in [-0.3, -0.25) is 9.88 Å². The lowest BCUT2D eigenvalue weighted by Crippen LogP contribution is -2.22. The third-order valence-electron chi connectivity index (χ3n) is 2.02. The molecular weight excluding hydrogens is 178 g/mol. The maximum Gasteiger partial charge on any atom is 0.0564 e. The highest BCUT2D eigenvalue weighted by Gasteiger charge is 2.00. The summed E-state index contributed by atoms with van der Waals surface area (Å²) in [6.07, 6.45) is 1.79. The number of hydrogen-bond donors (Lipinski definition) is 2. The third kappa shape index (κ3) is 3.32. The Kier molecular flexibility index (Phi) is 4.35. The number of anilines is 1. The largest absolute Gasteiger partial charge is 0.395 e. The highest BCUT2D eigenvalue weighted by molar-refractivity contribution is 5.42. The van der Waals surface area contributed by atoms with Gasteiger partial charge in [0.1, 0.15) is 0 Å². The van der Waals surface area contributed by atoms with Crippen LogP contribution >= 0.6 is 0 Å². The summed E-state index contributed by atoms with van der Waals surface area (Å²) in [6.45, 7) is 1.61. The van der Waals surface area contributed by atoms with Crippen LogP contribution in [0.15, 0.2) is 18.3 Å². The second kappa shape index (κ2) is 5.57. The van der Waals surface area contributed by atoms with Gasteiger partial charge in [0.05, 0.1) is 12.3 Å². The van der Waals surface area contributed by atoms with Crippen molar-refractivity contribution in [3.05, 3.63) is 24.0 Å². The minimum Gasteiger partial charge on any atom is -0.395 e. The summed E-state index contributed by atoms with van der Waals surface area (Å²) in [4.78, 5) is 6.28. The maximum absolute atomic E-state index is 8.74. The number of aromatic nitrogens is 1. The van der Waals surface area contributed by atoms with E-state index in [2.05, 4.69) is 10.3 Å². The Labute approximate surface area is 84.6 Å². The van der Waals surface area contributed by atoms with Gasteiger partial charge in [0.15, 0.2) is 0 Å². The lowest BCUT2D eigenvalue weighted by molar-refractivity contribution is 0.216. The quantitative estimate of drug-likeness (QED) is 0.720. The number of nitrogens with one attached hydrogen (secondary N) is 1. The molecule has 0 aliphatic heterocycles. The number of rotatable bonds is 5. The number of aliphatic hydroxyl groups is 1. The summed E-state index contributed by atoms with van der Waals surface area (Å²) < 4.78 is 0. The van der Waals surface area contributed by atoms with E-state index >= 15 is 0 Å². The predicted octanol–water partition coefficient (Wildman–Crippen LogP) is 0.547. The molecule has 78 valence electrons. The number of pyridine rings is 1. The summed E-state index contributed by atoms with van der Waals surface area (Å²) in [5, 5.41) is 11.8. The highest BCUT2D eigenvalue weighted by atomic mass is 16.3. The van der Waals surface area contributed by atoms with E-state index in [4.69, 9.17) is 5.11 Å². The van der Waals surface area contributed by atoms with Crippen LogP contribution in [0.2, 0.25) is 0 Å². The molecule has 0 saturated heterocycles. The molecule has 1 aromatic rings. The summed E-state index contributed by atoms with van der Waals surface area (Å²) in [5.41, 5.74) is 2.07. The second-order valence-electron chi connectivity index (χ2n) is 3.25. The summed E-state index contributed by atoms with van der Waals surface area (Å²) in [5.74, 6) is 0. The zero-order chi connectivity index (χ0) is 10.4. The molecule has 4 nitrogen and oxygen atoms in total. The van der Waals surface area contributed by atoms with E-state index in [0.29, 0.717) is 6.54 Å². The third-order valence-corrected chi connectivity index (χ3v) is 2.02. The average molecular weight is 195 g/mol. The molecule has 2 N–H and O–H groups in total. The molecule has 0 radical (unpaired) electrons. The van der Waals surface area contributed by atoms with Crippen molar-refractivity contribution in [2.24, 2.45) is 0 Å². The van der Waals surface area contributed by atoms with Crippen LogP contribution in [0.4, 0.5) is 5.69 Å². The maximum atomic E-state index is 8.74. The Morgan fingerprint density at radius 1 is 1.57 bits per heavy atom.